The zero-order valence-corrected chi connectivity index (χ0v) is 21.6. The van der Waals surface area contributed by atoms with Gasteiger partial charge in [-0.1, -0.05) is 72.8 Å². The molecular weight excluding hydrogens is 492 g/mol. The van der Waals surface area contributed by atoms with Gasteiger partial charge in [0.25, 0.3) is 0 Å². The summed E-state index contributed by atoms with van der Waals surface area (Å²) in [5.74, 6) is -0.367. The van der Waals surface area contributed by atoms with E-state index in [4.69, 9.17) is 0 Å². The van der Waals surface area contributed by atoms with Gasteiger partial charge in [0.1, 0.15) is 0 Å². The molecule has 0 amide bonds. The second kappa shape index (κ2) is 11.1. The van der Waals surface area contributed by atoms with Gasteiger partial charge in [0.15, 0.2) is 34.7 Å². The minimum Gasteiger partial charge on any atom is -0.289 e. The van der Waals surface area contributed by atoms with E-state index in [1.54, 1.807) is 93.6 Å². The Morgan fingerprint density at radius 1 is 0.333 bits per heavy atom. The maximum Gasteiger partial charge on any atom is 0.189 e. The van der Waals surface area contributed by atoms with Crippen LogP contribution in [0.25, 0.3) is 0 Å². The molecule has 39 heavy (non-hydrogen) atoms. The van der Waals surface area contributed by atoms with Crippen molar-refractivity contribution in [2.75, 3.05) is 0 Å². The van der Waals surface area contributed by atoms with Crippen LogP contribution in [0.15, 0.2) is 108 Å². The van der Waals surface area contributed by atoms with E-state index in [1.807, 2.05) is 0 Å². The fraction of sp³-hybridized carbons (Fsp3) is 0.0909. The van der Waals surface area contributed by atoms with Crippen molar-refractivity contribution in [3.8, 4) is 0 Å². The lowest BCUT2D eigenvalue weighted by Gasteiger charge is -2.11. The second-order valence-corrected chi connectivity index (χ2v) is 9.20. The van der Waals surface area contributed by atoms with Crippen LogP contribution in [0.4, 0.5) is 0 Å². The summed E-state index contributed by atoms with van der Waals surface area (Å²) in [5, 5.41) is 0. The molecule has 6 nitrogen and oxygen atoms in total. The van der Waals surface area contributed by atoms with Crippen molar-refractivity contribution in [2.45, 2.75) is 20.8 Å². The quantitative estimate of drug-likeness (QED) is 0.361. The van der Waals surface area contributed by atoms with Gasteiger partial charge in [-0.3, -0.25) is 28.8 Å². The third-order valence-corrected chi connectivity index (χ3v) is 6.43. The summed E-state index contributed by atoms with van der Waals surface area (Å²) in [7, 11) is 0. The molecule has 6 rings (SSSR count). The predicted molar refractivity (Wildman–Crippen MR) is 147 cm³/mol. The van der Waals surface area contributed by atoms with E-state index in [-0.39, 0.29) is 34.7 Å². The summed E-state index contributed by atoms with van der Waals surface area (Å²) in [4.78, 5) is 68.9. The average Bonchev–Trinajstić information content (AvgIpc) is 2.94. The van der Waals surface area contributed by atoms with Gasteiger partial charge in [0, 0.05) is 50.1 Å². The van der Waals surface area contributed by atoms with Gasteiger partial charge in [0.05, 0.1) is 0 Å². The van der Waals surface area contributed by atoms with Crippen molar-refractivity contribution in [3.05, 3.63) is 141 Å². The highest BCUT2D eigenvalue weighted by atomic mass is 16.2. The zero-order chi connectivity index (χ0) is 28.3. The van der Waals surface area contributed by atoms with Gasteiger partial charge in [0.2, 0.25) is 0 Å². The van der Waals surface area contributed by atoms with Crippen molar-refractivity contribution in [1.29, 1.82) is 0 Å². The number of Topliss-reactive ketones (excluding diaryl/α,β-unsaturated/α-hetero) is 3. The molecule has 6 heteroatoms. The minimum absolute atomic E-state index is 0.0461. The fourth-order valence-corrected chi connectivity index (χ4v) is 4.35. The summed E-state index contributed by atoms with van der Waals surface area (Å²) in [6.07, 6.45) is 4.18. The van der Waals surface area contributed by atoms with Gasteiger partial charge in [-0.15, -0.1) is 0 Å². The third-order valence-electron chi connectivity index (χ3n) is 6.43. The van der Waals surface area contributed by atoms with Crippen molar-refractivity contribution < 1.29 is 28.8 Å². The van der Waals surface area contributed by atoms with Gasteiger partial charge in [-0.05, 0) is 39.0 Å². The number of rotatable bonds is 0. The van der Waals surface area contributed by atoms with Crippen LogP contribution < -0.4 is 0 Å². The SMILES string of the molecule is CC1=CC(=O)c2ccccc2C1=O.CC1=CC(=O)c2ccccc2C1=O.CC1=CC(=O)c2ccccc2C1=O. The van der Waals surface area contributed by atoms with E-state index >= 15 is 0 Å². The Morgan fingerprint density at radius 3 is 0.769 bits per heavy atom. The lowest BCUT2D eigenvalue weighted by molar-refractivity contribution is 0.0984. The Hall–Kier alpha value is -5.10. The zero-order valence-electron chi connectivity index (χ0n) is 21.6. The molecule has 0 heterocycles. The summed E-state index contributed by atoms with van der Waals surface area (Å²) in [6, 6.07) is 20.7. The fourth-order valence-electron chi connectivity index (χ4n) is 4.35. The first kappa shape index (κ1) is 26.9. The molecule has 0 aliphatic heterocycles. The summed E-state index contributed by atoms with van der Waals surface area (Å²) in [6.45, 7) is 4.99. The van der Waals surface area contributed by atoms with Crippen molar-refractivity contribution in [1.82, 2.24) is 0 Å². The Kier molecular flexibility index (Phi) is 7.68. The second-order valence-electron chi connectivity index (χ2n) is 9.20. The lowest BCUT2D eigenvalue weighted by Crippen LogP contribution is -2.14. The smallest absolute Gasteiger partial charge is 0.189 e. The van der Waals surface area contributed by atoms with E-state index < -0.39 is 0 Å². The molecule has 0 saturated carbocycles. The largest absolute Gasteiger partial charge is 0.289 e. The molecule has 3 aromatic rings. The molecule has 3 aliphatic rings. The minimum atomic E-state index is -0.0762. The predicted octanol–water partition coefficient (Wildman–Crippen LogP) is 6.04. The number of carbonyl (C=O) groups is 6. The number of hydrogen-bond donors (Lipinski definition) is 0. The topological polar surface area (TPSA) is 102 Å². The summed E-state index contributed by atoms with van der Waals surface area (Å²) < 4.78 is 0. The van der Waals surface area contributed by atoms with E-state index in [1.165, 1.54) is 18.2 Å². The average molecular weight is 517 g/mol. The Morgan fingerprint density at radius 2 is 0.538 bits per heavy atom. The molecule has 0 atom stereocenters. The molecule has 0 bridgehead atoms. The Labute approximate surface area is 225 Å². The number of benzene rings is 3. The standard InChI is InChI=1S/3C11H8O2/c3*1-7-6-10(12)8-4-2-3-5-9(8)11(7)13/h3*2-6H,1H3. The lowest BCUT2D eigenvalue weighted by atomic mass is 9.90. The maximum atomic E-state index is 11.5. The molecular formula is C33H24O6. The van der Waals surface area contributed by atoms with Crippen molar-refractivity contribution >= 4 is 34.7 Å². The maximum absolute atomic E-state index is 11.5. The van der Waals surface area contributed by atoms with Crippen molar-refractivity contribution in [3.63, 3.8) is 0 Å². The number of carbonyl (C=O) groups excluding carboxylic acids is 6. The molecule has 0 aromatic heterocycles. The van der Waals surface area contributed by atoms with Crippen LogP contribution in [0.3, 0.4) is 0 Å². The van der Waals surface area contributed by atoms with Crippen LogP contribution in [0.1, 0.15) is 82.9 Å². The molecule has 3 aliphatic carbocycles. The molecule has 0 fully saturated rings. The van der Waals surface area contributed by atoms with Crippen LogP contribution in [0, 0.1) is 0 Å². The summed E-state index contributed by atoms with van der Waals surface area (Å²) in [5.41, 5.74) is 4.65. The van der Waals surface area contributed by atoms with Gasteiger partial charge >= 0.3 is 0 Å². The van der Waals surface area contributed by atoms with E-state index in [9.17, 15) is 28.8 Å². The molecule has 0 N–H and O–H groups in total. The van der Waals surface area contributed by atoms with E-state index in [2.05, 4.69) is 0 Å². The van der Waals surface area contributed by atoms with Gasteiger partial charge in [-0.25, -0.2) is 0 Å². The van der Waals surface area contributed by atoms with E-state index in [0.29, 0.717) is 50.1 Å². The normalized spacial score (nSPS) is 15.3. The number of fused-ring (bicyclic) bond motifs is 3. The highest BCUT2D eigenvalue weighted by molar-refractivity contribution is 6.25. The highest BCUT2D eigenvalue weighted by Gasteiger charge is 2.23. The number of allylic oxidation sites excluding steroid dienone is 6. The number of ketones is 6. The van der Waals surface area contributed by atoms with Crippen molar-refractivity contribution in [2.24, 2.45) is 0 Å². The Balaban J connectivity index is 0.000000136. The molecule has 0 radical (unpaired) electrons. The van der Waals surface area contributed by atoms with Crippen LogP contribution >= 0.6 is 0 Å². The summed E-state index contributed by atoms with van der Waals surface area (Å²) >= 11 is 0. The van der Waals surface area contributed by atoms with Gasteiger partial charge < -0.3 is 0 Å². The molecule has 3 aromatic carbocycles. The first-order valence-corrected chi connectivity index (χ1v) is 12.2. The van der Waals surface area contributed by atoms with E-state index in [0.717, 1.165) is 0 Å². The third kappa shape index (κ3) is 5.45. The van der Waals surface area contributed by atoms with Crippen LogP contribution in [-0.2, 0) is 0 Å². The van der Waals surface area contributed by atoms with Crippen LogP contribution in [0.5, 0.6) is 0 Å². The monoisotopic (exact) mass is 516 g/mol. The number of hydrogen-bond acceptors (Lipinski definition) is 6. The molecule has 0 saturated heterocycles. The van der Waals surface area contributed by atoms with Crippen LogP contribution in [0.2, 0.25) is 0 Å². The first-order chi connectivity index (χ1) is 18.6. The molecule has 192 valence electrons. The molecule has 0 spiro atoms. The highest BCUT2D eigenvalue weighted by Crippen LogP contribution is 2.22. The van der Waals surface area contributed by atoms with Gasteiger partial charge in [-0.2, -0.15) is 0 Å². The Bertz CT molecular complexity index is 1480. The van der Waals surface area contributed by atoms with Crippen LogP contribution in [-0.4, -0.2) is 34.7 Å². The first-order valence-electron chi connectivity index (χ1n) is 12.2. The molecule has 0 unspecified atom stereocenters.